The van der Waals surface area contributed by atoms with Crippen molar-refractivity contribution < 1.29 is 23.0 Å². The average Bonchev–Trinajstić information content (AvgIpc) is 3.17. The summed E-state index contributed by atoms with van der Waals surface area (Å²) in [5, 5.41) is 5.54. The van der Waals surface area contributed by atoms with Gasteiger partial charge in [-0.25, -0.2) is 19.9 Å². The lowest BCUT2D eigenvalue weighted by molar-refractivity contribution is -0.109. The van der Waals surface area contributed by atoms with Crippen LogP contribution >= 0.6 is 23.1 Å². The fraction of sp³-hybridized carbons (Fsp3) is 0.500. The van der Waals surface area contributed by atoms with Gasteiger partial charge in [0.1, 0.15) is 22.1 Å². The number of halogens is 2. The zero-order valence-corrected chi connectivity index (χ0v) is 18.3. The molecular weight excluding hydrogens is 450 g/mol. The van der Waals surface area contributed by atoms with Gasteiger partial charge in [0.15, 0.2) is 5.17 Å². The van der Waals surface area contributed by atoms with Crippen molar-refractivity contribution in [3.8, 4) is 5.88 Å². The molecule has 4 rings (SSSR count). The quantitative estimate of drug-likeness (QED) is 0.684. The van der Waals surface area contributed by atoms with Crippen LogP contribution in [0.2, 0.25) is 0 Å². The maximum atomic E-state index is 12.4. The first-order chi connectivity index (χ1) is 14.7. The van der Waals surface area contributed by atoms with Crippen molar-refractivity contribution in [3.63, 3.8) is 0 Å². The second-order valence-electron chi connectivity index (χ2n) is 7.75. The first-order valence-electron chi connectivity index (χ1n) is 9.33. The molecule has 3 N–H and O–H groups in total. The lowest BCUT2D eigenvalue weighted by atomic mass is 9.77. The third kappa shape index (κ3) is 4.62. The minimum atomic E-state index is -3.02. The number of anilines is 1. The number of hydrogen-bond acceptors (Lipinski definition) is 10. The first-order valence-corrected chi connectivity index (χ1v) is 11.2. The normalized spacial score (nSPS) is 24.9. The number of carbonyl (C=O) groups excluding carboxylic acids is 1. The smallest absolute Gasteiger partial charge is 0.388 e. The molecule has 9 nitrogen and oxygen atoms in total. The van der Waals surface area contributed by atoms with Crippen molar-refractivity contribution in [3.05, 3.63) is 28.5 Å². The molecule has 4 heterocycles. The summed E-state index contributed by atoms with van der Waals surface area (Å²) in [7, 11) is 0. The molecule has 0 spiro atoms. The summed E-state index contributed by atoms with van der Waals surface area (Å²) in [6.07, 6.45) is 2.81. The fourth-order valence-corrected chi connectivity index (χ4v) is 5.51. The van der Waals surface area contributed by atoms with Crippen molar-refractivity contribution in [1.82, 2.24) is 15.0 Å². The number of thiazole rings is 1. The fourth-order valence-electron chi connectivity index (χ4n) is 3.56. The number of fused-ring (bicyclic) bond motifs is 1. The van der Waals surface area contributed by atoms with Crippen molar-refractivity contribution in [1.29, 1.82) is 0 Å². The van der Waals surface area contributed by atoms with E-state index in [4.69, 9.17) is 15.5 Å². The predicted molar refractivity (Wildman–Crippen MR) is 113 cm³/mol. The molecule has 2 aromatic rings. The monoisotopic (exact) mass is 470 g/mol. The third-order valence-electron chi connectivity index (χ3n) is 5.03. The summed E-state index contributed by atoms with van der Waals surface area (Å²) in [5.41, 5.74) is 5.02. The van der Waals surface area contributed by atoms with Crippen LogP contribution in [-0.2, 0) is 10.3 Å². The standard InChI is InChI=1S/C18H20F2N6O3S2/c1-17(2)3-9-6-31-16(21)26-18(9,8-28-17)14-25-11(7-30-14)24-13(27)10-4-23-12(5-22-10)29-15(19)20/h4-5,7,9,15H,3,6,8H2,1-2H3,(H2,21,26)(H,24,27)/t9?,18-/m1/s1. The molecule has 0 saturated carbocycles. The number of carbonyl (C=O) groups is 1. The van der Waals surface area contributed by atoms with Gasteiger partial charge in [-0.3, -0.25) is 4.79 Å². The Kier molecular flexibility index (Phi) is 5.83. The minimum Gasteiger partial charge on any atom is -0.415 e. The summed E-state index contributed by atoms with van der Waals surface area (Å²) in [5.74, 6) is 0.372. The SMILES string of the molecule is CC1(C)CC2CSC(N)=N[C@]2(c2nc(NC(=O)c3cnc(OC(F)F)cn3)cs2)CO1. The number of amides is 1. The van der Waals surface area contributed by atoms with Crippen LogP contribution in [0.3, 0.4) is 0 Å². The maximum Gasteiger partial charge on any atom is 0.388 e. The zero-order valence-electron chi connectivity index (χ0n) is 16.7. The van der Waals surface area contributed by atoms with Gasteiger partial charge in [-0.15, -0.1) is 11.3 Å². The molecule has 1 unspecified atom stereocenters. The van der Waals surface area contributed by atoms with E-state index in [1.807, 2.05) is 0 Å². The van der Waals surface area contributed by atoms with Gasteiger partial charge in [-0.1, -0.05) is 11.8 Å². The van der Waals surface area contributed by atoms with Gasteiger partial charge in [0.05, 0.1) is 24.6 Å². The lowest BCUT2D eigenvalue weighted by Crippen LogP contribution is -2.52. The van der Waals surface area contributed by atoms with Gasteiger partial charge in [0, 0.05) is 17.1 Å². The number of hydrogen-bond donors (Lipinski definition) is 2. The second-order valence-corrected chi connectivity index (χ2v) is 9.64. The van der Waals surface area contributed by atoms with Crippen LogP contribution in [0.15, 0.2) is 22.8 Å². The van der Waals surface area contributed by atoms with Gasteiger partial charge in [0.2, 0.25) is 5.88 Å². The summed E-state index contributed by atoms with van der Waals surface area (Å²) < 4.78 is 34.6. The number of alkyl halides is 2. The molecule has 2 aliphatic heterocycles. The van der Waals surface area contributed by atoms with E-state index < -0.39 is 18.1 Å². The molecule has 31 heavy (non-hydrogen) atoms. The summed E-state index contributed by atoms with van der Waals surface area (Å²) in [6.45, 7) is 1.43. The van der Waals surface area contributed by atoms with E-state index in [9.17, 15) is 13.6 Å². The van der Waals surface area contributed by atoms with Crippen molar-refractivity contribution in [2.24, 2.45) is 16.6 Å². The average molecular weight is 471 g/mol. The molecule has 2 aromatic heterocycles. The Bertz CT molecular complexity index is 1000. The Labute approximate surface area is 184 Å². The predicted octanol–water partition coefficient (Wildman–Crippen LogP) is 2.86. The van der Waals surface area contributed by atoms with Crippen LogP contribution in [0.5, 0.6) is 5.88 Å². The largest absolute Gasteiger partial charge is 0.415 e. The van der Waals surface area contributed by atoms with E-state index in [0.717, 1.165) is 24.6 Å². The second kappa shape index (κ2) is 8.28. The number of nitrogens with two attached hydrogens (primary N) is 1. The Hall–Kier alpha value is -2.38. The summed E-state index contributed by atoms with van der Waals surface area (Å²) >= 11 is 2.89. The number of nitrogens with zero attached hydrogens (tertiary/aromatic N) is 4. The number of thioether (sulfide) groups is 1. The van der Waals surface area contributed by atoms with Crippen LogP contribution in [0.1, 0.15) is 35.8 Å². The molecule has 1 amide bonds. The molecule has 2 aliphatic rings. The van der Waals surface area contributed by atoms with E-state index >= 15 is 0 Å². The molecule has 0 aromatic carbocycles. The van der Waals surface area contributed by atoms with Crippen LogP contribution < -0.4 is 15.8 Å². The Balaban J connectivity index is 1.52. The number of ether oxygens (including phenoxy) is 2. The maximum absolute atomic E-state index is 12.4. The Morgan fingerprint density at radius 2 is 2.19 bits per heavy atom. The van der Waals surface area contributed by atoms with Crippen LogP contribution in [-0.4, -0.2) is 50.6 Å². The summed E-state index contributed by atoms with van der Waals surface area (Å²) in [6, 6.07) is 0. The zero-order chi connectivity index (χ0) is 22.2. The van der Waals surface area contributed by atoms with Gasteiger partial charge in [-0.2, -0.15) is 8.78 Å². The molecule has 2 atom stereocenters. The van der Waals surface area contributed by atoms with Gasteiger partial charge in [0.25, 0.3) is 5.91 Å². The number of amidine groups is 1. The van der Waals surface area contributed by atoms with Crippen molar-refractivity contribution >= 4 is 40.0 Å². The first kappa shape index (κ1) is 21.8. The molecular formula is C18H20F2N6O3S2. The van der Waals surface area contributed by atoms with Crippen molar-refractivity contribution in [2.45, 2.75) is 38.0 Å². The van der Waals surface area contributed by atoms with Crippen molar-refractivity contribution in [2.75, 3.05) is 17.7 Å². The highest BCUT2D eigenvalue weighted by atomic mass is 32.2. The van der Waals surface area contributed by atoms with E-state index in [1.54, 1.807) is 5.38 Å². The molecule has 1 fully saturated rings. The van der Waals surface area contributed by atoms with E-state index in [-0.39, 0.29) is 23.1 Å². The van der Waals surface area contributed by atoms with E-state index in [1.165, 1.54) is 23.1 Å². The highest BCUT2D eigenvalue weighted by molar-refractivity contribution is 8.13. The number of aliphatic imine (C=N–C) groups is 1. The topological polar surface area (TPSA) is 125 Å². The molecule has 0 aliphatic carbocycles. The third-order valence-corrected chi connectivity index (χ3v) is 6.99. The highest BCUT2D eigenvalue weighted by Gasteiger charge is 2.52. The number of aromatic nitrogens is 3. The Morgan fingerprint density at radius 3 is 2.90 bits per heavy atom. The van der Waals surface area contributed by atoms with E-state index in [2.05, 4.69) is 38.9 Å². The highest BCUT2D eigenvalue weighted by Crippen LogP contribution is 2.49. The molecule has 13 heteroatoms. The summed E-state index contributed by atoms with van der Waals surface area (Å²) in [4.78, 5) is 29.2. The van der Waals surface area contributed by atoms with E-state index in [0.29, 0.717) is 22.6 Å². The molecule has 1 saturated heterocycles. The molecule has 0 radical (unpaired) electrons. The lowest BCUT2D eigenvalue weighted by Gasteiger charge is -2.47. The van der Waals surface area contributed by atoms with Gasteiger partial charge < -0.3 is 20.5 Å². The number of nitrogens with one attached hydrogen (secondary N) is 1. The Morgan fingerprint density at radius 1 is 1.39 bits per heavy atom. The molecule has 166 valence electrons. The van der Waals surface area contributed by atoms with Crippen LogP contribution in [0.25, 0.3) is 0 Å². The van der Waals surface area contributed by atoms with Crippen LogP contribution in [0.4, 0.5) is 14.6 Å². The van der Waals surface area contributed by atoms with Crippen LogP contribution in [0, 0.1) is 5.92 Å². The minimum absolute atomic E-state index is 0.0636. The number of rotatable bonds is 5. The van der Waals surface area contributed by atoms with Gasteiger partial charge in [-0.05, 0) is 20.3 Å². The van der Waals surface area contributed by atoms with Gasteiger partial charge >= 0.3 is 6.61 Å². The molecule has 0 bridgehead atoms.